The van der Waals surface area contributed by atoms with E-state index in [1.807, 2.05) is 48.5 Å². The van der Waals surface area contributed by atoms with Gasteiger partial charge in [0.1, 0.15) is 5.75 Å². The zero-order valence-electron chi connectivity index (χ0n) is 18.9. The molecule has 0 amide bonds. The lowest BCUT2D eigenvalue weighted by molar-refractivity contribution is -0.116. The van der Waals surface area contributed by atoms with Crippen LogP contribution in [0.2, 0.25) is 10.0 Å². The number of carbonyl (C=O) groups is 1. The highest BCUT2D eigenvalue weighted by Crippen LogP contribution is 2.46. The highest BCUT2D eigenvalue weighted by atomic mass is 35.5. The van der Waals surface area contributed by atoms with Crippen LogP contribution in [-0.4, -0.2) is 12.4 Å². The van der Waals surface area contributed by atoms with Crippen molar-refractivity contribution in [2.24, 2.45) is 0 Å². The van der Waals surface area contributed by atoms with Gasteiger partial charge in [-0.15, -0.1) is 0 Å². The minimum Gasteiger partial charge on any atom is -0.494 e. The Kier molecular flexibility index (Phi) is 6.53. The third kappa shape index (κ3) is 4.40. The van der Waals surface area contributed by atoms with Gasteiger partial charge in [-0.2, -0.15) is 0 Å². The number of hydrogen-bond donors (Lipinski definition) is 2. The molecular formula is C28H26Cl2N2O2. The normalized spacial score (nSPS) is 19.4. The maximum atomic E-state index is 13.7. The van der Waals surface area contributed by atoms with E-state index in [0.29, 0.717) is 23.1 Å². The van der Waals surface area contributed by atoms with E-state index in [1.54, 1.807) is 6.07 Å². The fraction of sp³-hybridized carbons (Fsp3) is 0.250. The van der Waals surface area contributed by atoms with Crippen LogP contribution in [-0.2, 0) is 4.79 Å². The van der Waals surface area contributed by atoms with Gasteiger partial charge in [-0.25, -0.2) is 0 Å². The zero-order chi connectivity index (χ0) is 23.7. The average molecular weight is 493 g/mol. The van der Waals surface area contributed by atoms with Gasteiger partial charge in [-0.3, -0.25) is 4.79 Å². The van der Waals surface area contributed by atoms with E-state index in [0.717, 1.165) is 52.4 Å². The van der Waals surface area contributed by atoms with Gasteiger partial charge in [0.05, 0.1) is 34.1 Å². The van der Waals surface area contributed by atoms with E-state index in [4.69, 9.17) is 27.9 Å². The first-order chi connectivity index (χ1) is 16.5. The van der Waals surface area contributed by atoms with Crippen molar-refractivity contribution in [2.75, 3.05) is 17.2 Å². The molecule has 1 heterocycles. The molecule has 0 fully saturated rings. The van der Waals surface area contributed by atoms with Gasteiger partial charge in [0, 0.05) is 17.7 Å². The van der Waals surface area contributed by atoms with E-state index in [-0.39, 0.29) is 11.7 Å². The summed E-state index contributed by atoms with van der Waals surface area (Å²) in [6, 6.07) is 21.3. The van der Waals surface area contributed by atoms with E-state index in [9.17, 15) is 4.79 Å². The topological polar surface area (TPSA) is 50.4 Å². The Morgan fingerprint density at radius 2 is 1.71 bits per heavy atom. The molecular weight excluding hydrogens is 467 g/mol. The van der Waals surface area contributed by atoms with Crippen molar-refractivity contribution in [3.8, 4) is 5.75 Å². The average Bonchev–Trinajstić information content (AvgIpc) is 3.01. The maximum Gasteiger partial charge on any atom is 0.163 e. The van der Waals surface area contributed by atoms with E-state index < -0.39 is 6.04 Å². The maximum absolute atomic E-state index is 13.7. The van der Waals surface area contributed by atoms with Crippen molar-refractivity contribution in [2.45, 2.75) is 38.1 Å². The van der Waals surface area contributed by atoms with Crippen LogP contribution in [0, 0.1) is 0 Å². The number of fused-ring (bicyclic) bond motifs is 1. The Morgan fingerprint density at radius 1 is 0.941 bits per heavy atom. The van der Waals surface area contributed by atoms with Crippen molar-refractivity contribution in [1.82, 2.24) is 0 Å². The standard InChI is InChI=1S/C28H26Cl2N2O2/c1-2-14-34-19-12-10-17(11-13-19)18-15-24-26(25(33)16-18)28(20-6-5-7-21(29)27(20)30)32-23-9-4-3-8-22(23)31-24/h3-13,18,28,31-32H,2,14-16H2,1H3. The lowest BCUT2D eigenvalue weighted by atomic mass is 9.78. The lowest BCUT2D eigenvalue weighted by Gasteiger charge is -2.30. The number of hydrogen-bond acceptors (Lipinski definition) is 4. The summed E-state index contributed by atoms with van der Waals surface area (Å²) < 4.78 is 5.72. The summed E-state index contributed by atoms with van der Waals surface area (Å²) >= 11 is 13.0. The molecule has 4 nitrogen and oxygen atoms in total. The number of ketones is 1. The van der Waals surface area contributed by atoms with E-state index in [1.165, 1.54) is 0 Å². The van der Waals surface area contributed by atoms with Gasteiger partial charge < -0.3 is 15.4 Å². The quantitative estimate of drug-likeness (QED) is 0.381. The number of benzene rings is 3. The summed E-state index contributed by atoms with van der Waals surface area (Å²) in [5, 5.41) is 8.05. The van der Waals surface area contributed by atoms with Crippen LogP contribution in [0.25, 0.3) is 0 Å². The smallest absolute Gasteiger partial charge is 0.163 e. The summed E-state index contributed by atoms with van der Waals surface area (Å²) in [6.07, 6.45) is 2.12. The second-order valence-electron chi connectivity index (χ2n) is 8.73. The van der Waals surface area contributed by atoms with Crippen LogP contribution < -0.4 is 15.4 Å². The number of anilines is 2. The zero-order valence-corrected chi connectivity index (χ0v) is 20.4. The first-order valence-corrected chi connectivity index (χ1v) is 12.4. The highest BCUT2D eigenvalue weighted by molar-refractivity contribution is 6.42. The molecule has 1 aliphatic heterocycles. The summed E-state index contributed by atoms with van der Waals surface area (Å²) in [6.45, 7) is 2.78. The van der Waals surface area contributed by atoms with Gasteiger partial charge in [0.15, 0.2) is 5.78 Å². The van der Waals surface area contributed by atoms with Crippen LogP contribution in [0.4, 0.5) is 11.4 Å². The summed E-state index contributed by atoms with van der Waals surface area (Å²) in [4.78, 5) is 13.7. The second-order valence-corrected chi connectivity index (χ2v) is 9.51. The number of nitrogens with one attached hydrogen (secondary N) is 2. The number of allylic oxidation sites excluding steroid dienone is 1. The summed E-state index contributed by atoms with van der Waals surface area (Å²) in [5.41, 5.74) is 5.43. The van der Waals surface area contributed by atoms with Crippen molar-refractivity contribution in [3.63, 3.8) is 0 Å². The molecule has 2 unspecified atom stereocenters. The van der Waals surface area contributed by atoms with Crippen LogP contribution in [0.1, 0.15) is 49.3 Å². The second kappa shape index (κ2) is 9.73. The van der Waals surface area contributed by atoms with Crippen molar-refractivity contribution < 1.29 is 9.53 Å². The van der Waals surface area contributed by atoms with E-state index in [2.05, 4.69) is 29.7 Å². The van der Waals surface area contributed by atoms with Crippen LogP contribution in [0.15, 0.2) is 78.0 Å². The number of ether oxygens (including phenoxy) is 1. The fourth-order valence-corrected chi connectivity index (χ4v) is 5.18. The minimum atomic E-state index is -0.393. The van der Waals surface area contributed by atoms with Crippen LogP contribution >= 0.6 is 23.2 Å². The molecule has 2 N–H and O–H groups in total. The monoisotopic (exact) mass is 492 g/mol. The molecule has 3 aromatic carbocycles. The molecule has 0 spiro atoms. The molecule has 0 aromatic heterocycles. The summed E-state index contributed by atoms with van der Waals surface area (Å²) in [7, 11) is 0. The Labute approximate surface area is 209 Å². The fourth-order valence-electron chi connectivity index (χ4n) is 4.76. The van der Waals surface area contributed by atoms with E-state index >= 15 is 0 Å². The van der Waals surface area contributed by atoms with Gasteiger partial charge >= 0.3 is 0 Å². The molecule has 174 valence electrons. The van der Waals surface area contributed by atoms with Crippen LogP contribution in [0.3, 0.4) is 0 Å². The number of halogens is 2. The largest absolute Gasteiger partial charge is 0.494 e. The third-order valence-electron chi connectivity index (χ3n) is 6.43. The van der Waals surface area contributed by atoms with Gasteiger partial charge in [0.2, 0.25) is 0 Å². The Balaban J connectivity index is 1.54. The number of Topliss-reactive ketones (excluding diaryl/α,β-unsaturated/α-hetero) is 1. The number of carbonyl (C=O) groups excluding carboxylic acids is 1. The molecule has 6 heteroatoms. The summed E-state index contributed by atoms with van der Waals surface area (Å²) in [5.74, 6) is 1.04. The molecule has 34 heavy (non-hydrogen) atoms. The third-order valence-corrected chi connectivity index (χ3v) is 7.26. The molecule has 0 radical (unpaired) electrons. The van der Waals surface area contributed by atoms with Crippen LogP contribution in [0.5, 0.6) is 5.75 Å². The molecule has 0 saturated heterocycles. The lowest BCUT2D eigenvalue weighted by Crippen LogP contribution is -2.27. The first kappa shape index (κ1) is 22.8. The van der Waals surface area contributed by atoms with Crippen molar-refractivity contribution >= 4 is 40.4 Å². The molecule has 3 aromatic rings. The predicted octanol–water partition coefficient (Wildman–Crippen LogP) is 7.76. The Bertz CT molecular complexity index is 1250. The Morgan fingerprint density at radius 3 is 2.47 bits per heavy atom. The molecule has 2 aliphatic rings. The SMILES string of the molecule is CCCOc1ccc(C2CC(=O)C3=C(C2)Nc2ccccc2NC3c2cccc(Cl)c2Cl)cc1. The van der Waals surface area contributed by atoms with Crippen molar-refractivity contribution in [3.05, 3.63) is 99.2 Å². The highest BCUT2D eigenvalue weighted by Gasteiger charge is 2.36. The van der Waals surface area contributed by atoms with Gasteiger partial charge in [-0.05, 0) is 60.2 Å². The molecule has 0 saturated carbocycles. The van der Waals surface area contributed by atoms with Gasteiger partial charge in [0.25, 0.3) is 0 Å². The van der Waals surface area contributed by atoms with Gasteiger partial charge in [-0.1, -0.05) is 66.5 Å². The molecule has 2 atom stereocenters. The number of rotatable bonds is 5. The van der Waals surface area contributed by atoms with Crippen molar-refractivity contribution in [1.29, 1.82) is 0 Å². The molecule has 5 rings (SSSR count). The predicted molar refractivity (Wildman–Crippen MR) is 139 cm³/mol. The molecule has 1 aliphatic carbocycles. The minimum absolute atomic E-state index is 0.0831. The molecule has 0 bridgehead atoms. The Hall–Kier alpha value is -2.95. The number of para-hydroxylation sites is 2. The first-order valence-electron chi connectivity index (χ1n) is 11.6.